The average molecular weight is 269 g/mol. The van der Waals surface area contributed by atoms with Crippen LogP contribution in [0.4, 0.5) is 13.2 Å². The fraction of sp³-hybridized carbons (Fsp3) is 0.250. The van der Waals surface area contributed by atoms with Gasteiger partial charge >= 0.3 is 6.18 Å². The SMILES string of the molecule is CN(C)C(=O)c1cc2cccnc2nc1C(F)(F)F. The second-order valence-corrected chi connectivity index (χ2v) is 4.13. The molecule has 2 rings (SSSR count). The third-order valence-corrected chi connectivity index (χ3v) is 2.49. The van der Waals surface area contributed by atoms with Crippen molar-refractivity contribution in [3.63, 3.8) is 0 Å². The summed E-state index contributed by atoms with van der Waals surface area (Å²) in [5, 5.41) is 0.390. The predicted molar refractivity (Wildman–Crippen MR) is 62.6 cm³/mol. The number of rotatable bonds is 1. The Bertz CT molecular complexity index is 638. The largest absolute Gasteiger partial charge is 0.434 e. The highest BCUT2D eigenvalue weighted by atomic mass is 19.4. The molecular formula is C12H10F3N3O. The highest BCUT2D eigenvalue weighted by Crippen LogP contribution is 2.32. The molecule has 4 nitrogen and oxygen atoms in total. The van der Waals surface area contributed by atoms with Gasteiger partial charge < -0.3 is 4.90 Å². The Labute approximate surface area is 106 Å². The molecule has 0 bridgehead atoms. The summed E-state index contributed by atoms with van der Waals surface area (Å²) in [6.45, 7) is 0. The summed E-state index contributed by atoms with van der Waals surface area (Å²) in [5.74, 6) is -0.745. The van der Waals surface area contributed by atoms with E-state index in [0.717, 1.165) is 4.90 Å². The summed E-state index contributed by atoms with van der Waals surface area (Å²) < 4.78 is 38.8. The van der Waals surface area contributed by atoms with Crippen LogP contribution in [-0.2, 0) is 6.18 Å². The molecule has 2 aromatic heterocycles. The van der Waals surface area contributed by atoms with E-state index in [9.17, 15) is 18.0 Å². The van der Waals surface area contributed by atoms with Crippen LogP contribution in [0.1, 0.15) is 16.1 Å². The van der Waals surface area contributed by atoms with Crippen LogP contribution in [0.25, 0.3) is 11.0 Å². The average Bonchev–Trinajstić information content (AvgIpc) is 2.35. The molecule has 0 N–H and O–H groups in total. The zero-order valence-corrected chi connectivity index (χ0v) is 10.2. The Hall–Kier alpha value is -2.18. The van der Waals surface area contributed by atoms with Gasteiger partial charge in [-0.2, -0.15) is 13.2 Å². The fourth-order valence-electron chi connectivity index (χ4n) is 1.63. The third kappa shape index (κ3) is 2.49. The lowest BCUT2D eigenvalue weighted by Crippen LogP contribution is -2.26. The highest BCUT2D eigenvalue weighted by molar-refractivity contribution is 5.98. The summed E-state index contributed by atoms with van der Waals surface area (Å²) in [6.07, 6.45) is -3.35. The van der Waals surface area contributed by atoms with E-state index in [1.165, 1.54) is 26.4 Å². The molecule has 0 aliphatic heterocycles. The normalized spacial score (nSPS) is 11.6. The van der Waals surface area contributed by atoms with Crippen LogP contribution in [0.3, 0.4) is 0 Å². The number of halogens is 3. The number of fused-ring (bicyclic) bond motifs is 1. The molecule has 0 unspecified atom stereocenters. The number of carbonyl (C=O) groups excluding carboxylic acids is 1. The summed E-state index contributed by atoms with van der Waals surface area (Å²) in [6, 6.07) is 4.30. The molecule has 0 atom stereocenters. The first-order valence-electron chi connectivity index (χ1n) is 5.35. The van der Waals surface area contributed by atoms with Gasteiger partial charge in [0, 0.05) is 25.7 Å². The van der Waals surface area contributed by atoms with Gasteiger partial charge in [0.1, 0.15) is 0 Å². The molecule has 0 saturated heterocycles. The summed E-state index contributed by atoms with van der Waals surface area (Å²) in [4.78, 5) is 20.1. The number of hydrogen-bond acceptors (Lipinski definition) is 3. The van der Waals surface area contributed by atoms with Gasteiger partial charge in [-0.25, -0.2) is 9.97 Å². The molecule has 0 fully saturated rings. The molecule has 0 spiro atoms. The molecule has 0 radical (unpaired) electrons. The van der Waals surface area contributed by atoms with Crippen LogP contribution in [0.15, 0.2) is 24.4 Å². The van der Waals surface area contributed by atoms with E-state index in [1.807, 2.05) is 0 Å². The Kier molecular flexibility index (Phi) is 3.13. The summed E-state index contributed by atoms with van der Waals surface area (Å²) >= 11 is 0. The van der Waals surface area contributed by atoms with E-state index in [-0.39, 0.29) is 5.65 Å². The van der Waals surface area contributed by atoms with Gasteiger partial charge in [0.2, 0.25) is 0 Å². The van der Waals surface area contributed by atoms with Crippen molar-refractivity contribution in [3.8, 4) is 0 Å². The van der Waals surface area contributed by atoms with Gasteiger partial charge in [0.05, 0.1) is 5.56 Å². The van der Waals surface area contributed by atoms with Crippen LogP contribution in [0, 0.1) is 0 Å². The van der Waals surface area contributed by atoms with E-state index in [1.54, 1.807) is 12.1 Å². The second-order valence-electron chi connectivity index (χ2n) is 4.13. The minimum absolute atomic E-state index is 0.0369. The lowest BCUT2D eigenvalue weighted by atomic mass is 10.1. The number of hydrogen-bond donors (Lipinski definition) is 0. The van der Waals surface area contributed by atoms with Gasteiger partial charge in [-0.15, -0.1) is 0 Å². The van der Waals surface area contributed by atoms with Gasteiger partial charge in [-0.1, -0.05) is 0 Å². The summed E-state index contributed by atoms with van der Waals surface area (Å²) in [7, 11) is 2.77. The molecule has 100 valence electrons. The zero-order chi connectivity index (χ0) is 14.2. The van der Waals surface area contributed by atoms with Crippen molar-refractivity contribution in [3.05, 3.63) is 35.7 Å². The van der Waals surface area contributed by atoms with Crippen molar-refractivity contribution in [1.82, 2.24) is 14.9 Å². The Morgan fingerprint density at radius 1 is 1.32 bits per heavy atom. The molecule has 0 aliphatic rings. The smallest absolute Gasteiger partial charge is 0.345 e. The van der Waals surface area contributed by atoms with Crippen molar-refractivity contribution in [2.45, 2.75) is 6.18 Å². The highest BCUT2D eigenvalue weighted by Gasteiger charge is 2.38. The standard InChI is InChI=1S/C12H10F3N3O/c1-18(2)11(19)8-6-7-4-3-5-16-10(7)17-9(8)12(13,14)15/h3-6H,1-2H3. The first kappa shape index (κ1) is 13.3. The van der Waals surface area contributed by atoms with Gasteiger partial charge in [0.25, 0.3) is 5.91 Å². The van der Waals surface area contributed by atoms with E-state index in [0.29, 0.717) is 5.39 Å². The minimum atomic E-state index is -4.70. The predicted octanol–water partition coefficient (Wildman–Crippen LogP) is 2.35. The van der Waals surface area contributed by atoms with Gasteiger partial charge in [-0.05, 0) is 18.2 Å². The number of nitrogens with zero attached hydrogens (tertiary/aromatic N) is 3. The molecule has 2 heterocycles. The monoisotopic (exact) mass is 269 g/mol. The van der Waals surface area contributed by atoms with Crippen molar-refractivity contribution in [1.29, 1.82) is 0 Å². The van der Waals surface area contributed by atoms with Crippen LogP contribution >= 0.6 is 0 Å². The zero-order valence-electron chi connectivity index (χ0n) is 10.2. The lowest BCUT2D eigenvalue weighted by molar-refractivity contribution is -0.141. The quantitative estimate of drug-likeness (QED) is 0.798. The molecule has 0 aliphatic carbocycles. The van der Waals surface area contributed by atoms with E-state index >= 15 is 0 Å². The number of alkyl halides is 3. The van der Waals surface area contributed by atoms with E-state index < -0.39 is 23.3 Å². The Morgan fingerprint density at radius 2 is 2.00 bits per heavy atom. The van der Waals surface area contributed by atoms with Crippen molar-refractivity contribution >= 4 is 16.9 Å². The number of pyridine rings is 2. The maximum absolute atomic E-state index is 12.9. The van der Waals surface area contributed by atoms with Crippen molar-refractivity contribution < 1.29 is 18.0 Å². The Morgan fingerprint density at radius 3 is 2.58 bits per heavy atom. The van der Waals surface area contributed by atoms with Gasteiger partial charge in [0.15, 0.2) is 11.3 Å². The number of carbonyl (C=O) groups is 1. The molecule has 7 heteroatoms. The molecule has 19 heavy (non-hydrogen) atoms. The van der Waals surface area contributed by atoms with Crippen LogP contribution in [0.2, 0.25) is 0 Å². The van der Waals surface area contributed by atoms with Gasteiger partial charge in [-0.3, -0.25) is 4.79 Å². The first-order valence-corrected chi connectivity index (χ1v) is 5.35. The topological polar surface area (TPSA) is 46.1 Å². The maximum Gasteiger partial charge on any atom is 0.434 e. The first-order chi connectivity index (χ1) is 8.80. The molecular weight excluding hydrogens is 259 g/mol. The summed E-state index contributed by atoms with van der Waals surface area (Å²) in [5.41, 5.74) is -1.72. The maximum atomic E-state index is 12.9. The van der Waals surface area contributed by atoms with Crippen molar-refractivity contribution in [2.75, 3.05) is 14.1 Å². The fourth-order valence-corrected chi connectivity index (χ4v) is 1.63. The Balaban J connectivity index is 2.75. The van der Waals surface area contributed by atoms with Crippen LogP contribution in [-0.4, -0.2) is 34.9 Å². The molecule has 1 amide bonds. The van der Waals surface area contributed by atoms with Crippen LogP contribution in [0.5, 0.6) is 0 Å². The van der Waals surface area contributed by atoms with E-state index in [2.05, 4.69) is 9.97 Å². The van der Waals surface area contributed by atoms with E-state index in [4.69, 9.17) is 0 Å². The minimum Gasteiger partial charge on any atom is -0.345 e. The molecule has 0 aromatic carbocycles. The molecule has 0 saturated carbocycles. The third-order valence-electron chi connectivity index (χ3n) is 2.49. The molecule has 2 aromatic rings. The lowest BCUT2D eigenvalue weighted by Gasteiger charge is -2.15. The second kappa shape index (κ2) is 4.49. The van der Waals surface area contributed by atoms with Crippen molar-refractivity contribution in [2.24, 2.45) is 0 Å². The number of amides is 1. The van der Waals surface area contributed by atoms with Crippen LogP contribution < -0.4 is 0 Å². The number of aromatic nitrogens is 2.